The van der Waals surface area contributed by atoms with Gasteiger partial charge in [0.15, 0.2) is 5.82 Å². The lowest BCUT2D eigenvalue weighted by atomic mass is 10.2. The van der Waals surface area contributed by atoms with Crippen molar-refractivity contribution in [3.8, 4) is 11.5 Å². The molecule has 0 aliphatic rings. The third kappa shape index (κ3) is 3.17. The van der Waals surface area contributed by atoms with Gasteiger partial charge in [-0.15, -0.1) is 5.10 Å². The lowest BCUT2D eigenvalue weighted by Crippen LogP contribution is -2.27. The minimum absolute atomic E-state index is 0.288. The SMILES string of the molecule is C[C@@H](NC(=O)c1cn[nH]c1-n1cnnn1)c1cnn(-c2ccccc2F)c1. The Morgan fingerprint density at radius 2 is 2.11 bits per heavy atom. The lowest BCUT2D eigenvalue weighted by molar-refractivity contribution is 0.0940. The molecule has 0 saturated heterocycles. The lowest BCUT2D eigenvalue weighted by Gasteiger charge is -2.12. The van der Waals surface area contributed by atoms with Crippen molar-refractivity contribution in [3.05, 3.63) is 66.1 Å². The van der Waals surface area contributed by atoms with E-state index in [0.29, 0.717) is 11.5 Å². The summed E-state index contributed by atoms with van der Waals surface area (Å²) >= 11 is 0. The summed E-state index contributed by atoms with van der Waals surface area (Å²) in [4.78, 5) is 12.6. The fourth-order valence-corrected chi connectivity index (χ4v) is 2.57. The number of hydrogen-bond donors (Lipinski definition) is 2. The zero-order valence-corrected chi connectivity index (χ0v) is 14.1. The van der Waals surface area contributed by atoms with Crippen molar-refractivity contribution >= 4 is 5.91 Å². The monoisotopic (exact) mass is 367 g/mol. The summed E-state index contributed by atoms with van der Waals surface area (Å²) in [6.07, 6.45) is 5.99. The first kappa shape index (κ1) is 16.6. The first-order chi connectivity index (χ1) is 13.1. The Morgan fingerprint density at radius 1 is 1.26 bits per heavy atom. The van der Waals surface area contributed by atoms with Crippen molar-refractivity contribution in [2.45, 2.75) is 13.0 Å². The third-order valence-corrected chi connectivity index (χ3v) is 3.99. The van der Waals surface area contributed by atoms with E-state index in [1.807, 2.05) is 0 Å². The highest BCUT2D eigenvalue weighted by Gasteiger charge is 2.19. The van der Waals surface area contributed by atoms with Crippen molar-refractivity contribution in [3.63, 3.8) is 0 Å². The van der Waals surface area contributed by atoms with Crippen molar-refractivity contribution in [1.29, 1.82) is 0 Å². The molecule has 0 bridgehead atoms. The minimum Gasteiger partial charge on any atom is -0.345 e. The molecule has 0 fully saturated rings. The van der Waals surface area contributed by atoms with Crippen LogP contribution in [0.5, 0.6) is 0 Å². The fourth-order valence-electron chi connectivity index (χ4n) is 2.57. The Morgan fingerprint density at radius 3 is 2.89 bits per heavy atom. The van der Waals surface area contributed by atoms with E-state index < -0.39 is 0 Å². The Balaban J connectivity index is 1.52. The number of aromatic nitrogens is 8. The van der Waals surface area contributed by atoms with E-state index in [4.69, 9.17) is 0 Å². The Bertz CT molecular complexity index is 1070. The van der Waals surface area contributed by atoms with Crippen LogP contribution in [0.25, 0.3) is 11.5 Å². The molecule has 0 spiro atoms. The third-order valence-electron chi connectivity index (χ3n) is 3.99. The first-order valence-electron chi connectivity index (χ1n) is 8.00. The number of rotatable bonds is 5. The van der Waals surface area contributed by atoms with Gasteiger partial charge in [-0.05, 0) is 29.5 Å². The topological polar surface area (TPSA) is 119 Å². The highest BCUT2D eigenvalue weighted by molar-refractivity contribution is 5.97. The molecule has 4 aromatic rings. The van der Waals surface area contributed by atoms with Crippen LogP contribution in [-0.4, -0.2) is 46.1 Å². The molecule has 11 heteroatoms. The quantitative estimate of drug-likeness (QED) is 0.547. The number of amides is 1. The van der Waals surface area contributed by atoms with Gasteiger partial charge in [-0.2, -0.15) is 14.9 Å². The van der Waals surface area contributed by atoms with Crippen LogP contribution in [0.2, 0.25) is 0 Å². The number of carbonyl (C=O) groups is 1. The van der Waals surface area contributed by atoms with Gasteiger partial charge >= 0.3 is 0 Å². The predicted octanol–water partition coefficient (Wildman–Crippen LogP) is 1.20. The molecule has 136 valence electrons. The summed E-state index contributed by atoms with van der Waals surface area (Å²) in [5.74, 6) is -0.388. The number of para-hydroxylation sites is 1. The molecule has 1 aromatic carbocycles. The number of tetrazole rings is 1. The molecule has 3 aromatic heterocycles. The van der Waals surface area contributed by atoms with Gasteiger partial charge in [0, 0.05) is 11.8 Å². The molecule has 0 saturated carbocycles. The Labute approximate surface area is 152 Å². The highest BCUT2D eigenvalue weighted by atomic mass is 19.1. The molecule has 1 amide bonds. The number of nitrogens with one attached hydrogen (secondary N) is 2. The normalized spacial score (nSPS) is 12.1. The van der Waals surface area contributed by atoms with Crippen LogP contribution in [-0.2, 0) is 0 Å². The molecule has 4 rings (SSSR count). The number of aromatic amines is 1. The maximum Gasteiger partial charge on any atom is 0.257 e. The predicted molar refractivity (Wildman–Crippen MR) is 90.7 cm³/mol. The van der Waals surface area contributed by atoms with E-state index in [9.17, 15) is 9.18 Å². The highest BCUT2D eigenvalue weighted by Crippen LogP contribution is 2.18. The van der Waals surface area contributed by atoms with E-state index in [1.54, 1.807) is 37.5 Å². The van der Waals surface area contributed by atoms with Crippen LogP contribution in [0.15, 0.2) is 49.2 Å². The van der Waals surface area contributed by atoms with Gasteiger partial charge in [0.2, 0.25) is 0 Å². The maximum atomic E-state index is 13.9. The molecule has 0 aliphatic carbocycles. The molecule has 0 radical (unpaired) electrons. The van der Waals surface area contributed by atoms with Gasteiger partial charge in [0.25, 0.3) is 5.91 Å². The second-order valence-corrected chi connectivity index (χ2v) is 5.75. The summed E-state index contributed by atoms with van der Waals surface area (Å²) in [5.41, 5.74) is 1.34. The molecule has 10 nitrogen and oxygen atoms in total. The van der Waals surface area contributed by atoms with Crippen molar-refractivity contribution < 1.29 is 9.18 Å². The van der Waals surface area contributed by atoms with E-state index >= 15 is 0 Å². The number of nitrogens with zero attached hydrogens (tertiary/aromatic N) is 7. The van der Waals surface area contributed by atoms with Crippen molar-refractivity contribution in [2.24, 2.45) is 0 Å². The van der Waals surface area contributed by atoms with E-state index in [2.05, 4.69) is 36.1 Å². The molecule has 3 heterocycles. The van der Waals surface area contributed by atoms with Crippen LogP contribution >= 0.6 is 0 Å². The number of H-pyrrole nitrogens is 1. The number of carbonyl (C=O) groups excluding carboxylic acids is 1. The molecule has 27 heavy (non-hydrogen) atoms. The second kappa shape index (κ2) is 6.78. The van der Waals surface area contributed by atoms with Crippen molar-refractivity contribution in [2.75, 3.05) is 0 Å². The summed E-state index contributed by atoms with van der Waals surface area (Å²) < 4.78 is 16.6. The summed E-state index contributed by atoms with van der Waals surface area (Å²) in [6, 6.07) is 5.96. The molecular weight excluding hydrogens is 353 g/mol. The van der Waals surface area contributed by atoms with Gasteiger partial charge in [-0.3, -0.25) is 9.89 Å². The molecular formula is C16H14FN9O. The summed E-state index contributed by atoms with van der Waals surface area (Å²) in [6.45, 7) is 1.80. The summed E-state index contributed by atoms with van der Waals surface area (Å²) in [5, 5.41) is 24.4. The Kier molecular flexibility index (Phi) is 4.16. The fraction of sp³-hybridized carbons (Fsp3) is 0.125. The average molecular weight is 367 g/mol. The van der Waals surface area contributed by atoms with Crippen LogP contribution in [0.1, 0.15) is 28.9 Å². The Hall–Kier alpha value is -3.89. The minimum atomic E-state index is -0.381. The zero-order valence-electron chi connectivity index (χ0n) is 14.1. The standard InChI is InChI=1S/C16H14FN9O/c1-10(11-6-20-25(8-11)14-5-3-2-4-13(14)17)21-16(27)12-7-18-22-15(12)26-9-19-23-24-26/h2-10H,1H3,(H,18,22)(H,21,27)/t10-/m1/s1. The molecule has 0 unspecified atom stereocenters. The molecule has 1 atom stereocenters. The average Bonchev–Trinajstić information content (AvgIpc) is 3.41. The van der Waals surface area contributed by atoms with Crippen LogP contribution in [0, 0.1) is 5.82 Å². The van der Waals surface area contributed by atoms with E-state index in [0.717, 1.165) is 5.56 Å². The molecule has 0 aliphatic heterocycles. The number of benzene rings is 1. The molecule has 2 N–H and O–H groups in total. The first-order valence-corrected chi connectivity index (χ1v) is 8.00. The van der Waals surface area contributed by atoms with Gasteiger partial charge in [0.05, 0.1) is 18.4 Å². The van der Waals surface area contributed by atoms with Crippen LogP contribution < -0.4 is 5.32 Å². The zero-order chi connectivity index (χ0) is 18.8. The second-order valence-electron chi connectivity index (χ2n) is 5.75. The van der Waals surface area contributed by atoms with Crippen molar-refractivity contribution in [1.82, 2.24) is 45.5 Å². The smallest absolute Gasteiger partial charge is 0.257 e. The number of halogens is 1. The van der Waals surface area contributed by atoms with Gasteiger partial charge in [-0.25, -0.2) is 9.07 Å². The van der Waals surface area contributed by atoms with Crippen LogP contribution in [0.3, 0.4) is 0 Å². The largest absolute Gasteiger partial charge is 0.345 e. The van der Waals surface area contributed by atoms with E-state index in [-0.39, 0.29) is 23.3 Å². The van der Waals surface area contributed by atoms with Gasteiger partial charge in [0.1, 0.15) is 23.4 Å². The summed E-state index contributed by atoms with van der Waals surface area (Å²) in [7, 11) is 0. The van der Waals surface area contributed by atoms with E-state index in [1.165, 1.54) is 28.0 Å². The van der Waals surface area contributed by atoms with Gasteiger partial charge < -0.3 is 5.32 Å². The number of hydrogen-bond acceptors (Lipinski definition) is 6. The maximum absolute atomic E-state index is 13.9. The van der Waals surface area contributed by atoms with Crippen LogP contribution in [0.4, 0.5) is 4.39 Å². The van der Waals surface area contributed by atoms with Gasteiger partial charge in [-0.1, -0.05) is 12.1 Å².